The second-order valence-electron chi connectivity index (χ2n) is 4.36. The van der Waals surface area contributed by atoms with E-state index in [1.165, 1.54) is 0 Å². The summed E-state index contributed by atoms with van der Waals surface area (Å²) >= 11 is 0. The normalized spacial score (nSPS) is 24.9. The third-order valence-corrected chi connectivity index (χ3v) is 4.16. The number of nitrogens with one attached hydrogen (secondary N) is 1. The summed E-state index contributed by atoms with van der Waals surface area (Å²) < 4.78 is 27.8. The lowest BCUT2D eigenvalue weighted by Crippen LogP contribution is -2.25. The van der Waals surface area contributed by atoms with Crippen molar-refractivity contribution in [3.8, 4) is 0 Å². The molecule has 1 N–H and O–H groups in total. The largest absolute Gasteiger partial charge is 0.377 e. The van der Waals surface area contributed by atoms with Crippen LogP contribution in [0.5, 0.6) is 0 Å². The zero-order chi connectivity index (χ0) is 11.3. The molecule has 1 heterocycles. The number of hydrogen-bond donors (Lipinski definition) is 1. The van der Waals surface area contributed by atoms with Gasteiger partial charge >= 0.3 is 0 Å². The first-order valence-corrected chi connectivity index (χ1v) is 7.37. The average Bonchev–Trinajstić information content (AvgIpc) is 2.44. The maximum absolute atomic E-state index is 11.1. The van der Waals surface area contributed by atoms with Gasteiger partial charge in [0.05, 0.1) is 17.6 Å². The second-order valence-corrected chi connectivity index (χ2v) is 6.59. The summed E-state index contributed by atoms with van der Waals surface area (Å²) in [7, 11) is -2.79. The van der Waals surface area contributed by atoms with Gasteiger partial charge in [0.15, 0.2) is 9.84 Å². The van der Waals surface area contributed by atoms with Crippen LogP contribution in [0.2, 0.25) is 0 Å². The zero-order valence-electron chi connectivity index (χ0n) is 9.53. The first-order valence-electron chi connectivity index (χ1n) is 5.55. The van der Waals surface area contributed by atoms with Crippen LogP contribution < -0.4 is 5.32 Å². The van der Waals surface area contributed by atoms with E-state index >= 15 is 0 Å². The van der Waals surface area contributed by atoms with Crippen LogP contribution >= 0.6 is 0 Å². The lowest BCUT2D eigenvalue weighted by molar-refractivity contribution is 0.0691. The van der Waals surface area contributed by atoms with Crippen molar-refractivity contribution in [3.63, 3.8) is 0 Å². The molecule has 1 fully saturated rings. The molecular weight excluding hydrogens is 214 g/mol. The first kappa shape index (κ1) is 12.9. The summed E-state index contributed by atoms with van der Waals surface area (Å²) in [5.74, 6) is 0.506. The van der Waals surface area contributed by atoms with E-state index in [1.807, 2.05) is 0 Å². The van der Waals surface area contributed by atoms with Gasteiger partial charge in [0.1, 0.15) is 0 Å². The van der Waals surface area contributed by atoms with Crippen molar-refractivity contribution in [2.45, 2.75) is 38.8 Å². The van der Waals surface area contributed by atoms with Crippen LogP contribution in [0, 0.1) is 0 Å². The van der Waals surface area contributed by atoms with Gasteiger partial charge < -0.3 is 10.1 Å². The zero-order valence-corrected chi connectivity index (χ0v) is 10.3. The summed E-state index contributed by atoms with van der Waals surface area (Å²) in [5.41, 5.74) is 0. The standard InChI is InChI=1S/C10H21NO3S/c1-9(2)11-5-3-6-14-10-4-7-15(12,13)8-10/h9-11H,3-8H2,1-2H3. The summed E-state index contributed by atoms with van der Waals surface area (Å²) in [6.07, 6.45) is 1.54. The highest BCUT2D eigenvalue weighted by atomic mass is 32.2. The smallest absolute Gasteiger partial charge is 0.152 e. The number of ether oxygens (including phenoxy) is 1. The molecule has 0 radical (unpaired) electrons. The van der Waals surface area contributed by atoms with E-state index in [2.05, 4.69) is 19.2 Å². The molecule has 0 saturated carbocycles. The quantitative estimate of drug-likeness (QED) is 0.684. The van der Waals surface area contributed by atoms with Gasteiger partial charge in [0, 0.05) is 12.6 Å². The van der Waals surface area contributed by atoms with E-state index in [1.54, 1.807) is 0 Å². The second kappa shape index (κ2) is 5.82. The van der Waals surface area contributed by atoms with Crippen LogP contribution in [0.1, 0.15) is 26.7 Å². The van der Waals surface area contributed by atoms with Crippen LogP contribution in [0.25, 0.3) is 0 Å². The maximum atomic E-state index is 11.1. The Morgan fingerprint density at radius 1 is 1.47 bits per heavy atom. The molecule has 0 aromatic carbocycles. The van der Waals surface area contributed by atoms with Crippen LogP contribution in [0.4, 0.5) is 0 Å². The van der Waals surface area contributed by atoms with Gasteiger partial charge in [-0.2, -0.15) is 0 Å². The fourth-order valence-corrected chi connectivity index (χ4v) is 3.22. The van der Waals surface area contributed by atoms with E-state index < -0.39 is 9.84 Å². The Labute approximate surface area is 92.3 Å². The lowest BCUT2D eigenvalue weighted by atomic mass is 10.3. The van der Waals surface area contributed by atoms with Crippen molar-refractivity contribution in [1.82, 2.24) is 5.32 Å². The topological polar surface area (TPSA) is 55.4 Å². The van der Waals surface area contributed by atoms with Crippen molar-refractivity contribution >= 4 is 9.84 Å². The monoisotopic (exact) mass is 235 g/mol. The molecule has 0 amide bonds. The van der Waals surface area contributed by atoms with Crippen molar-refractivity contribution in [1.29, 1.82) is 0 Å². The highest BCUT2D eigenvalue weighted by molar-refractivity contribution is 7.91. The molecule has 0 aromatic heterocycles. The summed E-state index contributed by atoms with van der Waals surface area (Å²) in [6, 6.07) is 0.497. The fraction of sp³-hybridized carbons (Fsp3) is 1.00. The molecule has 1 atom stereocenters. The van der Waals surface area contributed by atoms with Crippen LogP contribution in [0.15, 0.2) is 0 Å². The van der Waals surface area contributed by atoms with Crippen molar-refractivity contribution in [2.24, 2.45) is 0 Å². The minimum Gasteiger partial charge on any atom is -0.377 e. The molecule has 1 saturated heterocycles. The fourth-order valence-electron chi connectivity index (χ4n) is 1.61. The molecule has 1 aliphatic rings. The minimum atomic E-state index is -2.79. The summed E-state index contributed by atoms with van der Waals surface area (Å²) in [4.78, 5) is 0. The Balaban J connectivity index is 2.02. The molecule has 0 bridgehead atoms. The molecule has 1 aliphatic heterocycles. The molecule has 0 aromatic rings. The Kier molecular flexibility index (Phi) is 5.02. The van der Waals surface area contributed by atoms with Crippen LogP contribution in [-0.2, 0) is 14.6 Å². The predicted octanol–water partition coefficient (Wildman–Crippen LogP) is 0.578. The van der Waals surface area contributed by atoms with Crippen molar-refractivity contribution in [2.75, 3.05) is 24.7 Å². The summed E-state index contributed by atoms with van der Waals surface area (Å²) in [5, 5.41) is 3.29. The SMILES string of the molecule is CC(C)NCCCOC1CCS(=O)(=O)C1. The average molecular weight is 235 g/mol. The molecule has 0 spiro atoms. The lowest BCUT2D eigenvalue weighted by Gasteiger charge is -2.11. The van der Waals surface area contributed by atoms with Gasteiger partial charge in [-0.25, -0.2) is 8.42 Å². The number of hydrogen-bond acceptors (Lipinski definition) is 4. The number of sulfone groups is 1. The van der Waals surface area contributed by atoms with Crippen LogP contribution in [-0.4, -0.2) is 45.2 Å². The molecule has 1 unspecified atom stereocenters. The summed E-state index contributed by atoms with van der Waals surface area (Å²) in [6.45, 7) is 5.78. The van der Waals surface area contributed by atoms with E-state index in [-0.39, 0.29) is 11.9 Å². The van der Waals surface area contributed by atoms with E-state index in [9.17, 15) is 8.42 Å². The van der Waals surface area contributed by atoms with Gasteiger partial charge in [-0.3, -0.25) is 0 Å². The van der Waals surface area contributed by atoms with Gasteiger partial charge in [-0.05, 0) is 19.4 Å². The predicted molar refractivity (Wildman–Crippen MR) is 60.8 cm³/mol. The van der Waals surface area contributed by atoms with Gasteiger partial charge in [-0.1, -0.05) is 13.8 Å². The highest BCUT2D eigenvalue weighted by Crippen LogP contribution is 2.14. The Morgan fingerprint density at radius 3 is 2.73 bits per heavy atom. The van der Waals surface area contributed by atoms with E-state index in [0.717, 1.165) is 13.0 Å². The van der Waals surface area contributed by atoms with Gasteiger partial charge in [-0.15, -0.1) is 0 Å². The van der Waals surface area contributed by atoms with Crippen molar-refractivity contribution < 1.29 is 13.2 Å². The van der Waals surface area contributed by atoms with Crippen LogP contribution in [0.3, 0.4) is 0 Å². The Morgan fingerprint density at radius 2 is 2.20 bits per heavy atom. The Bertz CT molecular complexity index is 274. The molecule has 90 valence electrons. The highest BCUT2D eigenvalue weighted by Gasteiger charge is 2.28. The third kappa shape index (κ3) is 5.49. The molecule has 1 rings (SSSR count). The molecule has 5 heteroatoms. The van der Waals surface area contributed by atoms with Gasteiger partial charge in [0.2, 0.25) is 0 Å². The van der Waals surface area contributed by atoms with Crippen molar-refractivity contribution in [3.05, 3.63) is 0 Å². The molecule has 4 nitrogen and oxygen atoms in total. The van der Waals surface area contributed by atoms with E-state index in [0.29, 0.717) is 24.8 Å². The maximum Gasteiger partial charge on any atom is 0.152 e. The van der Waals surface area contributed by atoms with Gasteiger partial charge in [0.25, 0.3) is 0 Å². The molecule has 15 heavy (non-hydrogen) atoms. The first-order chi connectivity index (χ1) is 6.99. The number of rotatable bonds is 6. The third-order valence-electron chi connectivity index (χ3n) is 2.42. The Hall–Kier alpha value is -0.130. The van der Waals surface area contributed by atoms with E-state index in [4.69, 9.17) is 4.74 Å². The molecular formula is C10H21NO3S. The molecule has 0 aliphatic carbocycles. The minimum absolute atomic E-state index is 0.0611.